The Labute approximate surface area is 253 Å². The Morgan fingerprint density at radius 2 is 1.66 bits per heavy atom. The van der Waals surface area contributed by atoms with Crippen LogP contribution < -0.4 is 0 Å². The molecule has 3 nitrogen and oxygen atoms in total. The molecule has 0 amide bonds. The maximum atomic E-state index is 14.0. The van der Waals surface area contributed by atoms with Crippen molar-refractivity contribution in [1.29, 1.82) is 0 Å². The SMILES string of the molecule is C/C=C\C(=C/C)COC(=O)[C@@]12CCC3C(=CCC4[C@@]3(C)CCC3C(C)CCC[C@@]34C)[C@@H]1CC(C)(C)CC2.CC.CO. The van der Waals surface area contributed by atoms with Gasteiger partial charge in [-0.2, -0.15) is 0 Å². The van der Waals surface area contributed by atoms with Crippen molar-refractivity contribution in [3.63, 3.8) is 0 Å². The van der Waals surface area contributed by atoms with Crippen LogP contribution in [0.5, 0.6) is 0 Å². The molecule has 0 aromatic heterocycles. The summed E-state index contributed by atoms with van der Waals surface area (Å²) in [5.74, 6) is 3.66. The quantitative estimate of drug-likeness (QED) is 0.208. The molecule has 1 N–H and O–H groups in total. The number of fused-ring (bicyclic) bond motifs is 7. The lowest BCUT2D eigenvalue weighted by Gasteiger charge is -2.66. The minimum absolute atomic E-state index is 0.0836. The number of carbonyl (C=O) groups is 1. The zero-order valence-corrected chi connectivity index (χ0v) is 28.4. The van der Waals surface area contributed by atoms with Gasteiger partial charge in [0.25, 0.3) is 0 Å². The van der Waals surface area contributed by atoms with E-state index in [-0.39, 0.29) is 16.8 Å². The summed E-state index contributed by atoms with van der Waals surface area (Å²) < 4.78 is 6.14. The van der Waals surface area contributed by atoms with Crippen LogP contribution in [0.2, 0.25) is 0 Å². The molecule has 0 radical (unpaired) electrons. The number of allylic oxidation sites excluding steroid dienone is 4. The van der Waals surface area contributed by atoms with Gasteiger partial charge < -0.3 is 9.84 Å². The van der Waals surface area contributed by atoms with Crippen LogP contribution in [0.25, 0.3) is 0 Å². The smallest absolute Gasteiger partial charge is 0.313 e. The number of ether oxygens (including phenoxy) is 1. The molecule has 4 fully saturated rings. The van der Waals surface area contributed by atoms with E-state index in [1.165, 1.54) is 44.9 Å². The van der Waals surface area contributed by atoms with E-state index in [1.54, 1.807) is 5.57 Å². The Bertz CT molecular complexity index is 987. The minimum Gasteiger partial charge on any atom is -0.460 e. The fourth-order valence-electron chi connectivity index (χ4n) is 10.7. The lowest BCUT2D eigenvalue weighted by Crippen LogP contribution is -2.59. The van der Waals surface area contributed by atoms with E-state index in [0.29, 0.717) is 29.3 Å². The second kappa shape index (κ2) is 13.5. The van der Waals surface area contributed by atoms with E-state index in [1.807, 2.05) is 33.8 Å². The van der Waals surface area contributed by atoms with Crippen LogP contribution in [0.15, 0.2) is 35.5 Å². The van der Waals surface area contributed by atoms with Crippen molar-refractivity contribution in [2.75, 3.05) is 13.7 Å². The van der Waals surface area contributed by atoms with E-state index < -0.39 is 0 Å². The van der Waals surface area contributed by atoms with Crippen molar-refractivity contribution in [2.24, 2.45) is 51.2 Å². The normalized spacial score (nSPS) is 41.1. The first-order valence-corrected chi connectivity index (χ1v) is 17.1. The average molecular weight is 569 g/mol. The van der Waals surface area contributed by atoms with Crippen molar-refractivity contribution < 1.29 is 14.6 Å². The predicted octanol–water partition coefficient (Wildman–Crippen LogP) is 10.1. The van der Waals surface area contributed by atoms with E-state index >= 15 is 0 Å². The second-order valence-corrected chi connectivity index (χ2v) is 15.1. The number of rotatable bonds is 4. The number of aliphatic hydroxyl groups is 1. The number of esters is 1. The van der Waals surface area contributed by atoms with Gasteiger partial charge in [-0.05, 0) is 123 Å². The summed E-state index contributed by atoms with van der Waals surface area (Å²) in [4.78, 5) is 14.0. The molecule has 4 unspecified atom stereocenters. The molecule has 0 saturated heterocycles. The molecule has 4 saturated carbocycles. The first-order chi connectivity index (χ1) is 19.5. The van der Waals surface area contributed by atoms with Crippen LogP contribution in [0, 0.1) is 51.2 Å². The van der Waals surface area contributed by atoms with Crippen LogP contribution in [0.1, 0.15) is 133 Å². The summed E-state index contributed by atoms with van der Waals surface area (Å²) in [7, 11) is 1.00. The van der Waals surface area contributed by atoms with Gasteiger partial charge in [0.1, 0.15) is 6.61 Å². The highest BCUT2D eigenvalue weighted by molar-refractivity contribution is 5.79. The number of aliphatic hydroxyl groups excluding tert-OH is 1. The zero-order valence-electron chi connectivity index (χ0n) is 28.4. The first-order valence-electron chi connectivity index (χ1n) is 17.1. The Morgan fingerprint density at radius 1 is 0.951 bits per heavy atom. The van der Waals surface area contributed by atoms with Crippen molar-refractivity contribution in [3.05, 3.63) is 35.5 Å². The molecule has 3 heteroatoms. The molecule has 0 aromatic rings. The molecule has 0 aliphatic heterocycles. The van der Waals surface area contributed by atoms with Crippen LogP contribution >= 0.6 is 0 Å². The van der Waals surface area contributed by atoms with E-state index in [9.17, 15) is 4.79 Å². The third-order valence-electron chi connectivity index (χ3n) is 12.8. The maximum absolute atomic E-state index is 14.0. The average Bonchev–Trinajstić information content (AvgIpc) is 2.96. The highest BCUT2D eigenvalue weighted by Crippen LogP contribution is 2.70. The number of hydrogen-bond acceptors (Lipinski definition) is 3. The molecule has 0 heterocycles. The van der Waals surface area contributed by atoms with Gasteiger partial charge in [0.15, 0.2) is 0 Å². The van der Waals surface area contributed by atoms with Crippen molar-refractivity contribution >= 4 is 5.97 Å². The topological polar surface area (TPSA) is 46.5 Å². The number of carbonyl (C=O) groups excluding carboxylic acids is 1. The van der Waals surface area contributed by atoms with Crippen LogP contribution in [-0.4, -0.2) is 24.8 Å². The lowest BCUT2D eigenvalue weighted by molar-refractivity contribution is -0.171. The Balaban J connectivity index is 0.00000111. The van der Waals surface area contributed by atoms with Gasteiger partial charge in [0.2, 0.25) is 0 Å². The minimum atomic E-state index is -0.323. The van der Waals surface area contributed by atoms with Gasteiger partial charge in [-0.15, -0.1) is 0 Å². The standard InChI is InChI=1S/C35H54O2.C2H6.CH4O/c1-8-11-25(9-2)23-37-31(36)35-19-16-28-26(29(35)22-32(4,5)20-21-35)13-14-30-33(6)17-10-12-24(3)27(33)15-18-34(28,30)7;2*1-2/h8-9,11,13,24,27-30H,10,12,14-23H2,1-7H3;1-2H3;2H,1H3/b11-8-,25-9+;;/t24?,27?,28?,29-,30?,33-,34-,35+;;/m0../s1. The van der Waals surface area contributed by atoms with Gasteiger partial charge in [-0.1, -0.05) is 91.2 Å². The first kappa shape index (κ1) is 34.1. The third kappa shape index (κ3) is 6.05. The third-order valence-corrected chi connectivity index (χ3v) is 12.8. The van der Waals surface area contributed by atoms with Gasteiger partial charge in [-0.3, -0.25) is 4.79 Å². The molecule has 5 aliphatic rings. The summed E-state index contributed by atoms with van der Waals surface area (Å²) in [5.41, 5.74) is 3.59. The highest BCUT2D eigenvalue weighted by Gasteiger charge is 2.64. The molecule has 5 rings (SSSR count). The summed E-state index contributed by atoms with van der Waals surface area (Å²) in [5, 5.41) is 7.00. The molecule has 41 heavy (non-hydrogen) atoms. The predicted molar refractivity (Wildman–Crippen MR) is 173 cm³/mol. The Morgan fingerprint density at radius 3 is 2.32 bits per heavy atom. The maximum Gasteiger partial charge on any atom is 0.313 e. The summed E-state index contributed by atoms with van der Waals surface area (Å²) in [6, 6.07) is 0. The van der Waals surface area contributed by atoms with E-state index in [2.05, 4.69) is 52.8 Å². The number of hydrogen-bond donors (Lipinski definition) is 1. The van der Waals surface area contributed by atoms with Crippen LogP contribution in [-0.2, 0) is 9.53 Å². The fraction of sp³-hybridized carbons (Fsp3) is 0.816. The summed E-state index contributed by atoms with van der Waals surface area (Å²) >= 11 is 0. The fourth-order valence-corrected chi connectivity index (χ4v) is 10.7. The summed E-state index contributed by atoms with van der Waals surface area (Å²) in [6.07, 6.45) is 22.6. The second-order valence-electron chi connectivity index (χ2n) is 15.1. The Kier molecular flexibility index (Phi) is 11.3. The van der Waals surface area contributed by atoms with Crippen molar-refractivity contribution in [2.45, 2.75) is 133 Å². The van der Waals surface area contributed by atoms with Crippen LogP contribution in [0.3, 0.4) is 0 Å². The van der Waals surface area contributed by atoms with Gasteiger partial charge >= 0.3 is 5.97 Å². The highest BCUT2D eigenvalue weighted by atomic mass is 16.5. The summed E-state index contributed by atoms with van der Waals surface area (Å²) in [6.45, 7) is 21.2. The van der Waals surface area contributed by atoms with Crippen molar-refractivity contribution in [1.82, 2.24) is 0 Å². The largest absolute Gasteiger partial charge is 0.460 e. The monoisotopic (exact) mass is 568 g/mol. The molecular formula is C38H64O3. The molecule has 8 atom stereocenters. The molecular weight excluding hydrogens is 504 g/mol. The Hall–Kier alpha value is -1.35. The molecule has 0 aromatic carbocycles. The van der Waals surface area contributed by atoms with E-state index in [0.717, 1.165) is 56.1 Å². The lowest BCUT2D eigenvalue weighted by atomic mass is 9.38. The van der Waals surface area contributed by atoms with E-state index in [4.69, 9.17) is 9.84 Å². The molecule has 234 valence electrons. The van der Waals surface area contributed by atoms with Gasteiger partial charge in [0, 0.05) is 7.11 Å². The molecule has 5 aliphatic carbocycles. The molecule has 0 bridgehead atoms. The van der Waals surface area contributed by atoms with Crippen LogP contribution in [0.4, 0.5) is 0 Å². The molecule has 0 spiro atoms. The van der Waals surface area contributed by atoms with Gasteiger partial charge in [0.05, 0.1) is 5.41 Å². The zero-order chi connectivity index (χ0) is 30.6. The van der Waals surface area contributed by atoms with Crippen molar-refractivity contribution in [3.8, 4) is 0 Å². The van der Waals surface area contributed by atoms with Gasteiger partial charge in [-0.25, -0.2) is 0 Å².